The van der Waals surface area contributed by atoms with E-state index in [0.29, 0.717) is 16.5 Å². The zero-order valence-corrected chi connectivity index (χ0v) is 10.3. The summed E-state index contributed by atoms with van der Waals surface area (Å²) in [4.78, 5) is 11.9. The molecule has 4 heteroatoms. The molecule has 1 fully saturated rings. The molecule has 1 aliphatic rings. The summed E-state index contributed by atoms with van der Waals surface area (Å²) in [5, 5.41) is 0.982. The summed E-state index contributed by atoms with van der Waals surface area (Å²) in [6, 6.07) is 5.24. The Hall–Kier alpha value is -0.570. The highest BCUT2D eigenvalue weighted by atomic mass is 35.5. The van der Waals surface area contributed by atoms with E-state index in [0.717, 1.165) is 24.8 Å². The van der Waals surface area contributed by atoms with Crippen molar-refractivity contribution in [2.45, 2.75) is 31.2 Å². The summed E-state index contributed by atoms with van der Waals surface area (Å²) in [6.07, 6.45) is 2.98. The van der Waals surface area contributed by atoms with Gasteiger partial charge in [0.05, 0.1) is 15.6 Å². The Kier molecular flexibility index (Phi) is 3.24. The van der Waals surface area contributed by atoms with Gasteiger partial charge in [-0.3, -0.25) is 4.79 Å². The summed E-state index contributed by atoms with van der Waals surface area (Å²) in [6.45, 7) is 0. The van der Waals surface area contributed by atoms with Crippen molar-refractivity contribution in [2.75, 3.05) is 0 Å². The topological polar surface area (TPSA) is 43.1 Å². The minimum absolute atomic E-state index is 0.0946. The van der Waals surface area contributed by atoms with Crippen LogP contribution in [0.2, 0.25) is 10.0 Å². The van der Waals surface area contributed by atoms with E-state index in [4.69, 9.17) is 28.9 Å². The van der Waals surface area contributed by atoms with Gasteiger partial charge in [0.15, 0.2) is 5.78 Å². The predicted molar refractivity (Wildman–Crippen MR) is 65.9 cm³/mol. The number of nitrogens with two attached hydrogens (primary N) is 1. The van der Waals surface area contributed by atoms with Crippen molar-refractivity contribution in [1.82, 2.24) is 0 Å². The Morgan fingerprint density at radius 1 is 1.31 bits per heavy atom. The number of Topliss-reactive ketones (excluding diaryl/α,β-unsaturated/α-hetero) is 1. The molecule has 0 heterocycles. The summed E-state index contributed by atoms with van der Waals surface area (Å²) in [5.74, 6) is 0.0946. The van der Waals surface area contributed by atoms with Gasteiger partial charge in [-0.15, -0.1) is 0 Å². The van der Waals surface area contributed by atoms with Crippen LogP contribution in [0.4, 0.5) is 0 Å². The quantitative estimate of drug-likeness (QED) is 0.905. The van der Waals surface area contributed by atoms with E-state index in [1.807, 2.05) is 6.07 Å². The molecule has 0 radical (unpaired) electrons. The van der Waals surface area contributed by atoms with E-state index in [-0.39, 0.29) is 5.78 Å². The molecule has 1 aliphatic carbocycles. The molecule has 2 N–H and O–H groups in total. The van der Waals surface area contributed by atoms with Crippen molar-refractivity contribution in [3.05, 3.63) is 33.8 Å². The summed E-state index contributed by atoms with van der Waals surface area (Å²) >= 11 is 11.7. The minimum atomic E-state index is -0.591. The standard InChI is InChI=1S/C12H13Cl2NO/c13-9-3-2-8(6-10(9)14)7-11(16)12(15)4-1-5-12/h2-3,6H,1,4-5,7,15H2. The van der Waals surface area contributed by atoms with Gasteiger partial charge in [0, 0.05) is 6.42 Å². The third-order valence-electron chi connectivity index (χ3n) is 3.15. The van der Waals surface area contributed by atoms with Gasteiger partial charge < -0.3 is 5.73 Å². The summed E-state index contributed by atoms with van der Waals surface area (Å²) < 4.78 is 0. The lowest BCUT2D eigenvalue weighted by atomic mass is 9.73. The second-order valence-corrected chi connectivity index (χ2v) is 5.17. The van der Waals surface area contributed by atoms with Crippen molar-refractivity contribution in [3.8, 4) is 0 Å². The van der Waals surface area contributed by atoms with Crippen LogP contribution in [-0.4, -0.2) is 11.3 Å². The van der Waals surface area contributed by atoms with E-state index >= 15 is 0 Å². The van der Waals surface area contributed by atoms with Crippen LogP contribution < -0.4 is 5.73 Å². The smallest absolute Gasteiger partial charge is 0.156 e. The normalized spacial score (nSPS) is 17.9. The van der Waals surface area contributed by atoms with E-state index < -0.39 is 5.54 Å². The maximum Gasteiger partial charge on any atom is 0.156 e. The first-order valence-corrected chi connectivity index (χ1v) is 6.03. The Morgan fingerprint density at radius 2 is 2.00 bits per heavy atom. The summed E-state index contributed by atoms with van der Waals surface area (Å²) in [7, 11) is 0. The van der Waals surface area contributed by atoms with Gasteiger partial charge in [0.25, 0.3) is 0 Å². The van der Waals surface area contributed by atoms with Crippen molar-refractivity contribution in [1.29, 1.82) is 0 Å². The van der Waals surface area contributed by atoms with Crippen LogP contribution in [0.1, 0.15) is 24.8 Å². The maximum absolute atomic E-state index is 11.9. The van der Waals surface area contributed by atoms with Crippen LogP contribution in [0.3, 0.4) is 0 Å². The first kappa shape index (κ1) is 11.9. The molecular formula is C12H13Cl2NO. The molecular weight excluding hydrogens is 245 g/mol. The third kappa shape index (κ3) is 2.24. The van der Waals surface area contributed by atoms with Crippen molar-refractivity contribution >= 4 is 29.0 Å². The van der Waals surface area contributed by atoms with Crippen LogP contribution >= 0.6 is 23.2 Å². The lowest BCUT2D eigenvalue weighted by molar-refractivity contribution is -0.126. The zero-order valence-electron chi connectivity index (χ0n) is 8.80. The van der Waals surface area contributed by atoms with Crippen LogP contribution in [0.25, 0.3) is 0 Å². The lowest BCUT2D eigenvalue weighted by Crippen LogP contribution is -2.54. The third-order valence-corrected chi connectivity index (χ3v) is 3.89. The van der Waals surface area contributed by atoms with Crippen LogP contribution in [-0.2, 0) is 11.2 Å². The molecule has 1 aromatic carbocycles. The van der Waals surface area contributed by atoms with Crippen LogP contribution in [0.15, 0.2) is 18.2 Å². The number of rotatable bonds is 3. The fourth-order valence-electron chi connectivity index (χ4n) is 1.85. The highest BCUT2D eigenvalue weighted by molar-refractivity contribution is 6.42. The number of ketones is 1. The Balaban J connectivity index is 2.09. The number of hydrogen-bond acceptors (Lipinski definition) is 2. The Labute approximate surface area is 105 Å². The molecule has 1 aromatic rings. The van der Waals surface area contributed by atoms with Crippen molar-refractivity contribution in [3.63, 3.8) is 0 Å². The predicted octanol–water partition coefficient (Wildman–Crippen LogP) is 2.99. The zero-order chi connectivity index (χ0) is 11.8. The van der Waals surface area contributed by atoms with Gasteiger partial charge in [-0.05, 0) is 37.0 Å². The average Bonchev–Trinajstić information content (AvgIpc) is 2.20. The van der Waals surface area contributed by atoms with Gasteiger partial charge in [-0.2, -0.15) is 0 Å². The second-order valence-electron chi connectivity index (χ2n) is 4.36. The molecule has 2 rings (SSSR count). The highest BCUT2D eigenvalue weighted by Gasteiger charge is 2.39. The first-order chi connectivity index (χ1) is 7.51. The molecule has 0 aromatic heterocycles. The SMILES string of the molecule is NC1(C(=O)Cc2ccc(Cl)c(Cl)c2)CCC1. The second kappa shape index (κ2) is 4.36. The first-order valence-electron chi connectivity index (χ1n) is 5.27. The molecule has 2 nitrogen and oxygen atoms in total. The van der Waals surface area contributed by atoms with Gasteiger partial charge in [-0.1, -0.05) is 29.3 Å². The van der Waals surface area contributed by atoms with Crippen molar-refractivity contribution in [2.24, 2.45) is 5.73 Å². The number of carbonyl (C=O) groups is 1. The van der Waals surface area contributed by atoms with Crippen molar-refractivity contribution < 1.29 is 4.79 Å². The fourth-order valence-corrected chi connectivity index (χ4v) is 2.17. The van der Waals surface area contributed by atoms with Crippen LogP contribution in [0.5, 0.6) is 0 Å². The molecule has 0 spiro atoms. The molecule has 0 amide bonds. The number of halogens is 2. The van der Waals surface area contributed by atoms with Gasteiger partial charge in [0.2, 0.25) is 0 Å². The lowest BCUT2D eigenvalue weighted by Gasteiger charge is -2.36. The molecule has 86 valence electrons. The molecule has 0 bridgehead atoms. The Bertz CT molecular complexity index is 427. The fraction of sp³-hybridized carbons (Fsp3) is 0.417. The van der Waals surface area contributed by atoms with E-state index in [1.54, 1.807) is 12.1 Å². The number of carbonyl (C=O) groups excluding carboxylic acids is 1. The highest BCUT2D eigenvalue weighted by Crippen LogP contribution is 2.31. The van der Waals surface area contributed by atoms with Gasteiger partial charge >= 0.3 is 0 Å². The largest absolute Gasteiger partial charge is 0.319 e. The minimum Gasteiger partial charge on any atom is -0.319 e. The molecule has 1 saturated carbocycles. The molecule has 0 unspecified atom stereocenters. The molecule has 0 aliphatic heterocycles. The molecule has 0 saturated heterocycles. The average molecular weight is 258 g/mol. The molecule has 16 heavy (non-hydrogen) atoms. The summed E-state index contributed by atoms with van der Waals surface area (Å²) in [5.41, 5.74) is 6.23. The van der Waals surface area contributed by atoms with Gasteiger partial charge in [0.1, 0.15) is 0 Å². The van der Waals surface area contributed by atoms with Gasteiger partial charge in [-0.25, -0.2) is 0 Å². The van der Waals surface area contributed by atoms with Crippen LogP contribution in [0, 0.1) is 0 Å². The van der Waals surface area contributed by atoms with E-state index in [2.05, 4.69) is 0 Å². The van der Waals surface area contributed by atoms with E-state index in [1.165, 1.54) is 0 Å². The maximum atomic E-state index is 11.9. The number of hydrogen-bond donors (Lipinski definition) is 1. The molecule has 0 atom stereocenters. The Morgan fingerprint density at radius 3 is 2.50 bits per heavy atom. The number of benzene rings is 1. The monoisotopic (exact) mass is 257 g/mol. The van der Waals surface area contributed by atoms with E-state index in [9.17, 15) is 4.79 Å².